The number of nitrogens with zero attached hydrogens (tertiary/aromatic N) is 1. The number of rotatable bonds is 3. The Morgan fingerprint density at radius 3 is 1.95 bits per heavy atom. The van der Waals surface area contributed by atoms with Gasteiger partial charge in [0.2, 0.25) is 0 Å². The summed E-state index contributed by atoms with van der Waals surface area (Å²) in [5, 5.41) is 4.35. The Kier molecular flexibility index (Phi) is 5.07. The summed E-state index contributed by atoms with van der Waals surface area (Å²) < 4.78 is 27.6. The number of furan rings is 1. The molecule has 0 fully saturated rings. The van der Waals surface area contributed by atoms with Gasteiger partial charge in [-0.15, -0.1) is 0 Å². The Labute approximate surface area is 230 Å². The summed E-state index contributed by atoms with van der Waals surface area (Å²) in [6.45, 7) is 0. The molecule has 0 saturated heterocycles. The van der Waals surface area contributed by atoms with Crippen LogP contribution in [-0.2, 0) is 4.57 Å². The molecule has 7 aromatic rings. The molecule has 40 heavy (non-hydrogen) atoms. The molecule has 190 valence electrons. The summed E-state index contributed by atoms with van der Waals surface area (Å²) >= 11 is 0. The molecule has 8 rings (SSSR count). The largest absolute Gasteiger partial charge is 0.456 e. The Bertz CT molecular complexity index is 2120. The quantitative estimate of drug-likeness (QED) is 0.215. The fourth-order valence-corrected chi connectivity index (χ4v) is 8.55. The maximum atomic E-state index is 15.0. The molecule has 3 heterocycles. The van der Waals surface area contributed by atoms with Gasteiger partial charge in [0.25, 0.3) is 0 Å². The predicted molar refractivity (Wildman–Crippen MR) is 162 cm³/mol. The number of fused-ring (bicyclic) bond motifs is 5. The summed E-state index contributed by atoms with van der Waals surface area (Å²) in [7, 11) is -3.15. The first-order valence-corrected chi connectivity index (χ1v) is 14.8. The maximum Gasteiger partial charge on any atom is 0.178 e. The van der Waals surface area contributed by atoms with E-state index in [1.807, 2.05) is 91.1 Å². The fourth-order valence-electron chi connectivity index (χ4n) is 5.67. The van der Waals surface area contributed by atoms with Crippen molar-refractivity contribution >= 4 is 45.0 Å². The second-order valence-corrected chi connectivity index (χ2v) is 12.7. The van der Waals surface area contributed by atoms with Crippen molar-refractivity contribution in [1.82, 2.24) is 4.98 Å². The Morgan fingerprint density at radius 1 is 0.550 bits per heavy atom. The van der Waals surface area contributed by atoms with Crippen LogP contribution in [0.5, 0.6) is 11.5 Å². The van der Waals surface area contributed by atoms with Crippen LogP contribution in [0.2, 0.25) is 0 Å². The van der Waals surface area contributed by atoms with E-state index in [4.69, 9.17) is 9.15 Å². The molecule has 0 saturated carbocycles. The lowest BCUT2D eigenvalue weighted by Crippen LogP contribution is -2.30. The lowest BCUT2D eigenvalue weighted by atomic mass is 10.0. The Balaban J connectivity index is 1.26. The van der Waals surface area contributed by atoms with Gasteiger partial charge in [-0.05, 0) is 71.3 Å². The summed E-state index contributed by atoms with van der Waals surface area (Å²) in [4.78, 5) is 4.24. The van der Waals surface area contributed by atoms with Crippen molar-refractivity contribution in [2.45, 2.75) is 0 Å². The molecule has 5 aromatic carbocycles. The van der Waals surface area contributed by atoms with Gasteiger partial charge in [-0.3, -0.25) is 4.98 Å². The smallest absolute Gasteiger partial charge is 0.178 e. The van der Waals surface area contributed by atoms with E-state index in [2.05, 4.69) is 41.4 Å². The molecule has 0 aliphatic carbocycles. The first kappa shape index (κ1) is 23.0. The van der Waals surface area contributed by atoms with Gasteiger partial charge in [0, 0.05) is 34.0 Å². The van der Waals surface area contributed by atoms with Crippen molar-refractivity contribution in [3.05, 3.63) is 134 Å². The van der Waals surface area contributed by atoms with Crippen LogP contribution in [0.1, 0.15) is 0 Å². The van der Waals surface area contributed by atoms with Crippen molar-refractivity contribution in [3.8, 4) is 33.8 Å². The number of aromatic nitrogens is 1. The predicted octanol–water partition coefficient (Wildman–Crippen LogP) is 8.06. The van der Waals surface area contributed by atoms with E-state index >= 15 is 4.57 Å². The molecule has 0 radical (unpaired) electrons. The average Bonchev–Trinajstić information content (AvgIpc) is 3.39. The number of hydrogen-bond donors (Lipinski definition) is 0. The van der Waals surface area contributed by atoms with E-state index in [0.717, 1.165) is 54.8 Å². The third-order valence-electron chi connectivity index (χ3n) is 7.64. The second-order valence-electron chi connectivity index (χ2n) is 9.96. The molecule has 1 atom stereocenters. The Hall–Kier alpha value is -4.92. The molecule has 5 heteroatoms. The van der Waals surface area contributed by atoms with E-state index in [1.165, 1.54) is 0 Å². The van der Waals surface area contributed by atoms with Crippen LogP contribution in [0.4, 0.5) is 0 Å². The molecule has 0 spiro atoms. The van der Waals surface area contributed by atoms with Gasteiger partial charge >= 0.3 is 0 Å². The first-order valence-electron chi connectivity index (χ1n) is 13.1. The van der Waals surface area contributed by atoms with Crippen molar-refractivity contribution in [2.24, 2.45) is 0 Å². The molecular formula is C35H22NO3P. The first-order chi connectivity index (χ1) is 19.7. The highest BCUT2D eigenvalue weighted by molar-refractivity contribution is 7.85. The molecule has 4 nitrogen and oxygen atoms in total. The third-order valence-corrected chi connectivity index (χ3v) is 10.7. The minimum absolute atomic E-state index is 0.627. The topological polar surface area (TPSA) is 52.3 Å². The van der Waals surface area contributed by atoms with Gasteiger partial charge in [-0.25, -0.2) is 0 Å². The zero-order valence-electron chi connectivity index (χ0n) is 21.3. The van der Waals surface area contributed by atoms with E-state index in [-0.39, 0.29) is 0 Å². The monoisotopic (exact) mass is 535 g/mol. The van der Waals surface area contributed by atoms with Gasteiger partial charge < -0.3 is 13.7 Å². The molecule has 1 unspecified atom stereocenters. The van der Waals surface area contributed by atoms with Crippen molar-refractivity contribution in [1.29, 1.82) is 0 Å². The molecule has 0 bridgehead atoms. The summed E-state index contributed by atoms with van der Waals surface area (Å²) in [5.74, 6) is 1.27. The summed E-state index contributed by atoms with van der Waals surface area (Å²) in [5.41, 5.74) is 5.69. The van der Waals surface area contributed by atoms with Crippen LogP contribution in [-0.4, -0.2) is 4.98 Å². The van der Waals surface area contributed by atoms with Crippen LogP contribution in [0.25, 0.3) is 44.2 Å². The van der Waals surface area contributed by atoms with Crippen LogP contribution < -0.4 is 20.7 Å². The van der Waals surface area contributed by atoms with Gasteiger partial charge in [0.1, 0.15) is 22.7 Å². The number of pyridine rings is 1. The van der Waals surface area contributed by atoms with E-state index in [0.29, 0.717) is 16.8 Å². The molecule has 1 aliphatic heterocycles. The standard InChI is InChI=1S/C35H22NO3P/c37-40(27-8-2-1-3-9-27)34-11-5-4-10-30(34)38-31-17-14-25(21-35(31)40)23-12-15-28-29-16-13-24(26-7-6-18-36-22-26)20-33(29)39-32(28)19-23/h1-22H. The molecule has 0 amide bonds. The van der Waals surface area contributed by atoms with Crippen molar-refractivity contribution in [2.75, 3.05) is 0 Å². The fraction of sp³-hybridized carbons (Fsp3) is 0. The van der Waals surface area contributed by atoms with Gasteiger partial charge in [-0.1, -0.05) is 66.7 Å². The highest BCUT2D eigenvalue weighted by Gasteiger charge is 2.39. The number of hydrogen-bond acceptors (Lipinski definition) is 4. The van der Waals surface area contributed by atoms with Gasteiger partial charge in [-0.2, -0.15) is 0 Å². The second kappa shape index (κ2) is 8.81. The molecular weight excluding hydrogens is 513 g/mol. The van der Waals surface area contributed by atoms with Gasteiger partial charge in [0.15, 0.2) is 7.14 Å². The summed E-state index contributed by atoms with van der Waals surface area (Å²) in [6, 6.07) is 39.8. The SMILES string of the molecule is O=P1(c2ccccc2)c2ccccc2Oc2ccc(-c3ccc4c(c3)oc3cc(-c5cccnc5)ccc34)cc21. The lowest BCUT2D eigenvalue weighted by molar-refractivity contribution is 0.485. The zero-order chi connectivity index (χ0) is 26.7. The number of ether oxygens (including phenoxy) is 1. The summed E-state index contributed by atoms with van der Waals surface area (Å²) in [6.07, 6.45) is 3.63. The highest BCUT2D eigenvalue weighted by atomic mass is 31.2. The molecule has 2 aromatic heterocycles. The van der Waals surface area contributed by atoms with E-state index < -0.39 is 7.14 Å². The molecule has 1 aliphatic rings. The average molecular weight is 536 g/mol. The molecule has 0 N–H and O–H groups in total. The van der Waals surface area contributed by atoms with Crippen molar-refractivity contribution < 1.29 is 13.7 Å². The minimum atomic E-state index is -3.15. The van der Waals surface area contributed by atoms with Crippen LogP contribution in [0.15, 0.2) is 138 Å². The normalized spacial score (nSPS) is 15.9. The lowest BCUT2D eigenvalue weighted by Gasteiger charge is -2.29. The van der Waals surface area contributed by atoms with E-state index in [9.17, 15) is 0 Å². The highest BCUT2D eigenvalue weighted by Crippen LogP contribution is 2.52. The van der Waals surface area contributed by atoms with Crippen LogP contribution in [0, 0.1) is 0 Å². The van der Waals surface area contributed by atoms with Crippen molar-refractivity contribution in [3.63, 3.8) is 0 Å². The van der Waals surface area contributed by atoms with Crippen LogP contribution in [0.3, 0.4) is 0 Å². The number of para-hydroxylation sites is 1. The van der Waals surface area contributed by atoms with Gasteiger partial charge in [0.05, 0.1) is 10.6 Å². The Morgan fingerprint density at radius 2 is 1.20 bits per heavy atom. The maximum absolute atomic E-state index is 15.0. The third kappa shape index (κ3) is 3.47. The number of benzene rings is 5. The zero-order valence-corrected chi connectivity index (χ0v) is 22.2. The van der Waals surface area contributed by atoms with Crippen LogP contribution >= 0.6 is 7.14 Å². The minimum Gasteiger partial charge on any atom is -0.456 e. The van der Waals surface area contributed by atoms with E-state index in [1.54, 1.807) is 6.20 Å².